The fraction of sp³-hybridized carbons (Fsp3) is 0.250. The maximum atomic E-state index is 13.6. The molecule has 0 aliphatic heterocycles. The minimum atomic E-state index is -4.72. The van der Waals surface area contributed by atoms with Crippen molar-refractivity contribution in [3.8, 4) is 11.1 Å². The van der Waals surface area contributed by atoms with E-state index in [-0.39, 0.29) is 22.3 Å². The van der Waals surface area contributed by atoms with Gasteiger partial charge < -0.3 is 0 Å². The van der Waals surface area contributed by atoms with Crippen molar-refractivity contribution in [1.82, 2.24) is 0 Å². The molecule has 0 spiro atoms. The van der Waals surface area contributed by atoms with Gasteiger partial charge in [-0.15, -0.1) is 0 Å². The second-order valence-corrected chi connectivity index (χ2v) is 12.1. The summed E-state index contributed by atoms with van der Waals surface area (Å²) in [6.07, 6.45) is -3.62. The Bertz CT molecular complexity index is 1360. The van der Waals surface area contributed by atoms with Crippen LogP contribution in [-0.4, -0.2) is 29.6 Å². The van der Waals surface area contributed by atoms with E-state index < -0.39 is 37.3 Å². The van der Waals surface area contributed by atoms with Gasteiger partial charge >= 0.3 is 6.18 Å². The lowest BCUT2D eigenvalue weighted by Crippen LogP contribution is -2.35. The Balaban J connectivity index is 2.02. The average Bonchev–Trinajstić information content (AvgIpc) is 2.76. The molecule has 0 saturated carbocycles. The van der Waals surface area contributed by atoms with E-state index in [1.54, 1.807) is 26.0 Å². The third kappa shape index (κ3) is 5.61. The van der Waals surface area contributed by atoms with Crippen molar-refractivity contribution in [2.45, 2.75) is 29.8 Å². The lowest BCUT2D eigenvalue weighted by molar-refractivity contribution is -0.137. The van der Waals surface area contributed by atoms with Crippen LogP contribution in [0.1, 0.15) is 19.4 Å². The summed E-state index contributed by atoms with van der Waals surface area (Å²) in [5.74, 6) is -0.233. The van der Waals surface area contributed by atoms with Gasteiger partial charge in [-0.3, -0.25) is 4.31 Å². The molecule has 34 heavy (non-hydrogen) atoms. The number of nitrogens with zero attached hydrogens (tertiary/aromatic N) is 1. The topological polar surface area (TPSA) is 71.5 Å². The third-order valence-electron chi connectivity index (χ3n) is 5.07. The van der Waals surface area contributed by atoms with Gasteiger partial charge in [0.1, 0.15) is 0 Å². The molecule has 182 valence electrons. The van der Waals surface area contributed by atoms with Gasteiger partial charge in [0.05, 0.1) is 21.0 Å². The molecule has 3 aromatic rings. The Kier molecular flexibility index (Phi) is 7.14. The number of hydrogen-bond donors (Lipinski definition) is 0. The molecule has 0 saturated heterocycles. The van der Waals surface area contributed by atoms with Crippen LogP contribution in [0.5, 0.6) is 0 Å². The Morgan fingerprint density at radius 2 is 1.24 bits per heavy atom. The van der Waals surface area contributed by atoms with Crippen molar-refractivity contribution < 1.29 is 30.0 Å². The highest BCUT2D eigenvalue weighted by atomic mass is 32.2. The van der Waals surface area contributed by atoms with E-state index in [2.05, 4.69) is 0 Å². The van der Waals surface area contributed by atoms with Gasteiger partial charge in [-0.2, -0.15) is 13.2 Å². The van der Waals surface area contributed by atoms with Crippen LogP contribution in [0.25, 0.3) is 11.1 Å². The standard InChI is InChI=1S/C24H24F3NO4S2/c1-17(2)16-28(23-7-5-4-6-22(23)24(25,26)27)34(31,32)21-14-10-19(11-15-21)18-8-12-20(13-9-18)33(3,29)30/h4-15,17H,16H2,1-3H3. The van der Waals surface area contributed by atoms with Crippen LogP contribution in [0.15, 0.2) is 82.6 Å². The van der Waals surface area contributed by atoms with Gasteiger partial charge in [0.15, 0.2) is 9.84 Å². The van der Waals surface area contributed by atoms with E-state index >= 15 is 0 Å². The molecule has 0 fully saturated rings. The molecule has 3 rings (SSSR count). The predicted octanol–water partition coefficient (Wildman–Crippen LogP) is 5.63. The summed E-state index contributed by atoms with van der Waals surface area (Å²) < 4.78 is 91.8. The molecular formula is C24H24F3NO4S2. The Morgan fingerprint density at radius 1 is 0.765 bits per heavy atom. The number of sulfone groups is 1. The molecule has 0 atom stereocenters. The maximum absolute atomic E-state index is 13.6. The molecule has 0 N–H and O–H groups in total. The largest absolute Gasteiger partial charge is 0.418 e. The van der Waals surface area contributed by atoms with Gasteiger partial charge in [-0.1, -0.05) is 50.2 Å². The summed E-state index contributed by atoms with van der Waals surface area (Å²) in [6.45, 7) is 3.31. The zero-order valence-corrected chi connectivity index (χ0v) is 20.4. The monoisotopic (exact) mass is 511 g/mol. The summed E-state index contributed by atoms with van der Waals surface area (Å²) in [6, 6.07) is 16.4. The molecule has 0 amide bonds. The lowest BCUT2D eigenvalue weighted by atomic mass is 10.1. The summed E-state index contributed by atoms with van der Waals surface area (Å²) in [7, 11) is -7.66. The minimum absolute atomic E-state index is 0.135. The second kappa shape index (κ2) is 9.42. The molecule has 5 nitrogen and oxygen atoms in total. The van der Waals surface area contributed by atoms with Gasteiger partial charge in [0.2, 0.25) is 0 Å². The molecule has 0 unspecified atom stereocenters. The summed E-state index contributed by atoms with van der Waals surface area (Å²) >= 11 is 0. The van der Waals surface area contributed by atoms with Crippen LogP contribution in [0.2, 0.25) is 0 Å². The van der Waals surface area contributed by atoms with E-state index in [1.165, 1.54) is 48.5 Å². The quantitative estimate of drug-likeness (QED) is 0.412. The molecule has 3 aromatic carbocycles. The van der Waals surface area contributed by atoms with E-state index in [1.807, 2.05) is 0 Å². The molecule has 0 aromatic heterocycles. The first-order chi connectivity index (χ1) is 15.7. The van der Waals surface area contributed by atoms with Crippen molar-refractivity contribution in [2.24, 2.45) is 5.92 Å². The van der Waals surface area contributed by atoms with Gasteiger partial charge in [-0.05, 0) is 53.4 Å². The van der Waals surface area contributed by atoms with E-state index in [0.29, 0.717) is 11.1 Å². The number of anilines is 1. The van der Waals surface area contributed by atoms with Gasteiger partial charge in [0.25, 0.3) is 10.0 Å². The molecular weight excluding hydrogens is 487 g/mol. The zero-order valence-electron chi connectivity index (χ0n) is 18.7. The average molecular weight is 512 g/mol. The molecule has 0 radical (unpaired) electrons. The molecule has 0 aliphatic rings. The number of hydrogen-bond acceptors (Lipinski definition) is 4. The first-order valence-corrected chi connectivity index (χ1v) is 13.6. The van der Waals surface area contributed by atoms with Crippen LogP contribution >= 0.6 is 0 Å². The normalized spacial score (nSPS) is 12.7. The molecule has 0 aliphatic carbocycles. The SMILES string of the molecule is CC(C)CN(c1ccccc1C(F)(F)F)S(=O)(=O)c1ccc(-c2ccc(S(C)(=O)=O)cc2)cc1. The van der Waals surface area contributed by atoms with Crippen LogP contribution in [-0.2, 0) is 26.0 Å². The van der Waals surface area contributed by atoms with Crippen molar-refractivity contribution in [1.29, 1.82) is 0 Å². The molecule has 10 heteroatoms. The number of para-hydroxylation sites is 1. The third-order valence-corrected chi connectivity index (χ3v) is 7.99. The smallest absolute Gasteiger partial charge is 0.265 e. The first-order valence-electron chi connectivity index (χ1n) is 10.3. The number of benzene rings is 3. The Hall–Kier alpha value is -2.85. The minimum Gasteiger partial charge on any atom is -0.265 e. The fourth-order valence-corrected chi connectivity index (χ4v) is 5.71. The maximum Gasteiger partial charge on any atom is 0.418 e. The lowest BCUT2D eigenvalue weighted by Gasteiger charge is -2.28. The van der Waals surface area contributed by atoms with Crippen LogP contribution < -0.4 is 4.31 Å². The number of alkyl halides is 3. The highest BCUT2D eigenvalue weighted by molar-refractivity contribution is 7.92. The Morgan fingerprint density at radius 3 is 1.68 bits per heavy atom. The molecule has 0 bridgehead atoms. The van der Waals surface area contributed by atoms with Crippen molar-refractivity contribution in [2.75, 3.05) is 17.1 Å². The molecule has 0 heterocycles. The van der Waals surface area contributed by atoms with E-state index in [9.17, 15) is 30.0 Å². The number of halogens is 3. The van der Waals surface area contributed by atoms with Crippen LogP contribution in [0.3, 0.4) is 0 Å². The first kappa shape index (κ1) is 25.8. The Labute approximate surface area is 197 Å². The summed E-state index contributed by atoms with van der Waals surface area (Å²) in [5.41, 5.74) is -0.158. The van der Waals surface area contributed by atoms with Crippen molar-refractivity contribution >= 4 is 25.5 Å². The number of rotatable bonds is 7. The van der Waals surface area contributed by atoms with Crippen LogP contribution in [0, 0.1) is 5.92 Å². The van der Waals surface area contributed by atoms with Gasteiger partial charge in [-0.25, -0.2) is 16.8 Å². The fourth-order valence-electron chi connectivity index (χ4n) is 3.43. The highest BCUT2D eigenvalue weighted by Crippen LogP contribution is 2.39. The summed E-state index contributed by atoms with van der Waals surface area (Å²) in [4.78, 5) is 0.00439. The van der Waals surface area contributed by atoms with Crippen LogP contribution in [0.4, 0.5) is 18.9 Å². The van der Waals surface area contributed by atoms with E-state index in [4.69, 9.17) is 0 Å². The van der Waals surface area contributed by atoms with Crippen molar-refractivity contribution in [3.63, 3.8) is 0 Å². The summed E-state index contributed by atoms with van der Waals surface area (Å²) in [5, 5.41) is 0. The van der Waals surface area contributed by atoms with Crippen molar-refractivity contribution in [3.05, 3.63) is 78.4 Å². The second-order valence-electron chi connectivity index (χ2n) is 8.27. The highest BCUT2D eigenvalue weighted by Gasteiger charge is 2.37. The van der Waals surface area contributed by atoms with Gasteiger partial charge in [0, 0.05) is 12.8 Å². The predicted molar refractivity (Wildman–Crippen MR) is 126 cm³/mol. The zero-order chi connectivity index (χ0) is 25.3. The van der Waals surface area contributed by atoms with E-state index in [0.717, 1.165) is 22.7 Å². The number of sulfonamides is 1.